The van der Waals surface area contributed by atoms with Crippen molar-refractivity contribution in [1.29, 1.82) is 0 Å². The normalized spacial score (nSPS) is 27.0. The monoisotopic (exact) mass is 489 g/mol. The molecule has 2 aliphatic rings. The number of hydrogen-bond acceptors (Lipinski definition) is 5. The molecule has 2 atom stereocenters. The van der Waals surface area contributed by atoms with E-state index in [1.54, 1.807) is 16.4 Å². The first-order valence-electron chi connectivity index (χ1n) is 10.0. The fourth-order valence-corrected chi connectivity index (χ4v) is 7.53. The number of aromatic nitrogens is 3. The molecule has 1 aromatic heterocycles. The SMILES string of the molecule is Cc1ccc(S(=O)(=O)N2C[C@]3(CBr)CNC[C@]3(Cn3nnc4ccccc43)C2)cc1. The fraction of sp³-hybridized carbons (Fsp3) is 0.429. The molecule has 0 radical (unpaired) electrons. The third-order valence-electron chi connectivity index (χ3n) is 6.80. The van der Waals surface area contributed by atoms with Crippen molar-refractivity contribution in [3.05, 3.63) is 54.1 Å². The zero-order chi connectivity index (χ0) is 21.0. The predicted molar refractivity (Wildman–Crippen MR) is 119 cm³/mol. The minimum absolute atomic E-state index is 0.210. The molecule has 158 valence electrons. The number of nitrogens with zero attached hydrogens (tertiary/aromatic N) is 4. The first kappa shape index (κ1) is 20.1. The molecule has 2 aliphatic heterocycles. The van der Waals surface area contributed by atoms with Crippen LogP contribution in [0, 0.1) is 17.8 Å². The summed E-state index contributed by atoms with van der Waals surface area (Å²) in [4.78, 5) is 0.354. The smallest absolute Gasteiger partial charge is 0.243 e. The topological polar surface area (TPSA) is 80.1 Å². The lowest BCUT2D eigenvalue weighted by molar-refractivity contribution is 0.156. The summed E-state index contributed by atoms with van der Waals surface area (Å²) >= 11 is 3.72. The molecule has 0 unspecified atom stereocenters. The third-order valence-corrected chi connectivity index (χ3v) is 9.68. The zero-order valence-corrected chi connectivity index (χ0v) is 19.2. The molecule has 3 heterocycles. The van der Waals surface area contributed by atoms with E-state index in [-0.39, 0.29) is 10.8 Å². The number of hydrogen-bond donors (Lipinski definition) is 1. The molecule has 2 aromatic carbocycles. The molecule has 2 fully saturated rings. The minimum Gasteiger partial charge on any atom is -0.315 e. The van der Waals surface area contributed by atoms with Crippen LogP contribution in [0.2, 0.25) is 0 Å². The Morgan fingerprint density at radius 3 is 2.53 bits per heavy atom. The first-order valence-corrected chi connectivity index (χ1v) is 12.6. The predicted octanol–water partition coefficient (Wildman–Crippen LogP) is 2.42. The molecule has 5 rings (SSSR count). The van der Waals surface area contributed by atoms with E-state index in [0.717, 1.165) is 35.0 Å². The second kappa shape index (κ2) is 7.12. The number of rotatable bonds is 5. The maximum absolute atomic E-state index is 13.4. The van der Waals surface area contributed by atoms with Gasteiger partial charge in [-0.1, -0.05) is 51.0 Å². The Hall–Kier alpha value is -1.81. The summed E-state index contributed by atoms with van der Waals surface area (Å²) in [6, 6.07) is 15.0. The molecule has 7 nitrogen and oxygen atoms in total. The second-order valence-corrected chi connectivity index (χ2v) is 11.1. The van der Waals surface area contributed by atoms with Gasteiger partial charge in [-0.15, -0.1) is 5.10 Å². The second-order valence-electron chi connectivity index (χ2n) is 8.62. The number of nitrogens with one attached hydrogen (secondary N) is 1. The van der Waals surface area contributed by atoms with E-state index in [0.29, 0.717) is 24.5 Å². The summed E-state index contributed by atoms with van der Waals surface area (Å²) in [5.74, 6) is 0. The van der Waals surface area contributed by atoms with Crippen molar-refractivity contribution in [2.75, 3.05) is 31.5 Å². The van der Waals surface area contributed by atoms with Gasteiger partial charge >= 0.3 is 0 Å². The Morgan fingerprint density at radius 2 is 1.77 bits per heavy atom. The van der Waals surface area contributed by atoms with Gasteiger partial charge in [-0.05, 0) is 31.2 Å². The summed E-state index contributed by atoms with van der Waals surface area (Å²) in [6.45, 7) is 5.02. The number of fused-ring (bicyclic) bond motifs is 2. The van der Waals surface area contributed by atoms with Crippen LogP contribution < -0.4 is 5.32 Å². The van der Waals surface area contributed by atoms with E-state index in [9.17, 15) is 8.42 Å². The van der Waals surface area contributed by atoms with Gasteiger partial charge in [0.25, 0.3) is 0 Å². The lowest BCUT2D eigenvalue weighted by Crippen LogP contribution is -2.44. The Kier molecular flexibility index (Phi) is 4.77. The van der Waals surface area contributed by atoms with Crippen LogP contribution in [0.25, 0.3) is 11.0 Å². The van der Waals surface area contributed by atoms with Crippen LogP contribution in [0.5, 0.6) is 0 Å². The van der Waals surface area contributed by atoms with E-state index >= 15 is 0 Å². The quantitative estimate of drug-likeness (QED) is 0.556. The zero-order valence-electron chi connectivity index (χ0n) is 16.8. The maximum atomic E-state index is 13.4. The van der Waals surface area contributed by atoms with Crippen LogP contribution >= 0.6 is 15.9 Å². The average Bonchev–Trinajstić information content (AvgIpc) is 3.39. The van der Waals surface area contributed by atoms with Crippen molar-refractivity contribution >= 4 is 37.0 Å². The average molecular weight is 490 g/mol. The molecule has 3 aromatic rings. The van der Waals surface area contributed by atoms with Crippen LogP contribution in [0.4, 0.5) is 0 Å². The number of benzene rings is 2. The number of para-hydroxylation sites is 1. The summed E-state index contributed by atoms with van der Waals surface area (Å²) in [6.07, 6.45) is 0. The highest BCUT2D eigenvalue weighted by atomic mass is 79.9. The Balaban J connectivity index is 1.53. The van der Waals surface area contributed by atoms with E-state index in [1.807, 2.05) is 48.0 Å². The van der Waals surface area contributed by atoms with Gasteiger partial charge < -0.3 is 5.32 Å². The summed E-state index contributed by atoms with van der Waals surface area (Å²) in [5, 5.41) is 12.9. The van der Waals surface area contributed by atoms with Crippen LogP contribution in [0.15, 0.2) is 53.4 Å². The van der Waals surface area contributed by atoms with Crippen LogP contribution in [0.1, 0.15) is 5.56 Å². The molecule has 9 heteroatoms. The Labute approximate surface area is 184 Å². The summed E-state index contributed by atoms with van der Waals surface area (Å²) < 4.78 is 30.5. The fourth-order valence-electron chi connectivity index (χ4n) is 4.95. The summed E-state index contributed by atoms with van der Waals surface area (Å²) in [5.41, 5.74) is 2.39. The van der Waals surface area contributed by atoms with Crippen molar-refractivity contribution in [3.8, 4) is 0 Å². The highest BCUT2D eigenvalue weighted by molar-refractivity contribution is 9.09. The molecule has 2 saturated heterocycles. The van der Waals surface area contributed by atoms with E-state index in [4.69, 9.17) is 0 Å². The molecule has 0 amide bonds. The number of sulfonamides is 1. The Bertz CT molecular complexity index is 1200. The molecular formula is C21H24BrN5O2S. The molecule has 30 heavy (non-hydrogen) atoms. The molecule has 0 bridgehead atoms. The van der Waals surface area contributed by atoms with Gasteiger partial charge in [-0.2, -0.15) is 4.31 Å². The molecule has 0 spiro atoms. The number of aryl methyl sites for hydroxylation is 1. The van der Waals surface area contributed by atoms with Crippen molar-refractivity contribution in [2.24, 2.45) is 10.8 Å². The van der Waals surface area contributed by atoms with Crippen molar-refractivity contribution in [1.82, 2.24) is 24.6 Å². The van der Waals surface area contributed by atoms with Crippen LogP contribution in [-0.2, 0) is 16.6 Å². The van der Waals surface area contributed by atoms with Gasteiger partial charge in [-0.3, -0.25) is 0 Å². The summed E-state index contributed by atoms with van der Waals surface area (Å²) in [7, 11) is -3.57. The highest BCUT2D eigenvalue weighted by Crippen LogP contribution is 2.52. The third kappa shape index (κ3) is 2.94. The van der Waals surface area contributed by atoms with Gasteiger partial charge in [0.2, 0.25) is 10.0 Å². The highest BCUT2D eigenvalue weighted by Gasteiger charge is 2.62. The number of halogens is 1. The van der Waals surface area contributed by atoms with Gasteiger partial charge in [0.1, 0.15) is 5.52 Å². The molecule has 0 saturated carbocycles. The lowest BCUT2D eigenvalue weighted by atomic mass is 9.69. The first-order chi connectivity index (χ1) is 14.4. The van der Waals surface area contributed by atoms with Crippen LogP contribution in [0.3, 0.4) is 0 Å². The van der Waals surface area contributed by atoms with E-state index < -0.39 is 10.0 Å². The van der Waals surface area contributed by atoms with Crippen molar-refractivity contribution < 1.29 is 8.42 Å². The minimum atomic E-state index is -3.57. The standard InChI is InChI=1S/C21H24BrN5O2S/c1-16-6-8-17(9-7-16)30(28,29)26-13-20(10-22)11-23-12-21(20,14-26)15-27-19-5-3-2-4-18(19)24-25-27/h2-9,23H,10-15H2,1H3/t20-,21+/m0/s1. The van der Waals surface area contributed by atoms with Gasteiger partial charge in [-0.25, -0.2) is 13.1 Å². The van der Waals surface area contributed by atoms with Crippen LogP contribution in [-0.4, -0.2) is 59.2 Å². The van der Waals surface area contributed by atoms with Gasteiger partial charge in [0.05, 0.1) is 17.0 Å². The maximum Gasteiger partial charge on any atom is 0.243 e. The lowest BCUT2D eigenvalue weighted by Gasteiger charge is -2.37. The van der Waals surface area contributed by atoms with Gasteiger partial charge in [0, 0.05) is 42.3 Å². The van der Waals surface area contributed by atoms with E-state index in [2.05, 4.69) is 31.6 Å². The van der Waals surface area contributed by atoms with Gasteiger partial charge in [0.15, 0.2) is 0 Å². The van der Waals surface area contributed by atoms with Crippen molar-refractivity contribution in [3.63, 3.8) is 0 Å². The molecule has 1 N–H and O–H groups in total. The molecular weight excluding hydrogens is 466 g/mol. The molecule has 0 aliphatic carbocycles. The van der Waals surface area contributed by atoms with E-state index in [1.165, 1.54) is 0 Å². The number of alkyl halides is 1. The Morgan fingerprint density at radius 1 is 1.07 bits per heavy atom. The van der Waals surface area contributed by atoms with Crippen molar-refractivity contribution in [2.45, 2.75) is 18.4 Å². The largest absolute Gasteiger partial charge is 0.315 e.